The van der Waals surface area contributed by atoms with Gasteiger partial charge in [0.15, 0.2) is 0 Å². The Labute approximate surface area is 72.4 Å². The number of hydrogen-bond donors (Lipinski definition) is 3. The van der Waals surface area contributed by atoms with Crippen LogP contribution in [0.15, 0.2) is 0 Å². The number of aliphatic hydroxyl groups is 1. The van der Waals surface area contributed by atoms with Gasteiger partial charge < -0.3 is 15.9 Å². The second kappa shape index (κ2) is 4.42. The fourth-order valence-electron chi connectivity index (χ4n) is 0.787. The summed E-state index contributed by atoms with van der Waals surface area (Å²) in [5.41, 5.74) is 5.29. The van der Waals surface area contributed by atoms with Crippen molar-refractivity contribution in [1.29, 1.82) is 0 Å². The number of rotatable bonds is 5. The lowest BCUT2D eigenvalue weighted by Crippen LogP contribution is -2.40. The van der Waals surface area contributed by atoms with Gasteiger partial charge in [-0.15, -0.1) is 0 Å². The van der Waals surface area contributed by atoms with Crippen molar-refractivity contribution in [3.05, 3.63) is 0 Å². The lowest BCUT2D eigenvalue weighted by atomic mass is 9.83. The van der Waals surface area contributed by atoms with Crippen LogP contribution in [0.5, 0.6) is 0 Å². The van der Waals surface area contributed by atoms with Gasteiger partial charge >= 0.3 is 5.97 Å². The maximum atomic E-state index is 10.2. The fraction of sp³-hybridized carbons (Fsp3) is 0.875. The first-order valence-electron chi connectivity index (χ1n) is 3.98. The van der Waals surface area contributed by atoms with Crippen molar-refractivity contribution in [2.45, 2.75) is 32.7 Å². The van der Waals surface area contributed by atoms with E-state index in [2.05, 4.69) is 0 Å². The Balaban J connectivity index is 3.86. The average molecular weight is 175 g/mol. The highest BCUT2D eigenvalue weighted by atomic mass is 16.4. The van der Waals surface area contributed by atoms with Crippen LogP contribution >= 0.6 is 0 Å². The maximum absolute atomic E-state index is 10.2. The number of hydrogen-bond acceptors (Lipinski definition) is 3. The van der Waals surface area contributed by atoms with Gasteiger partial charge in [0.25, 0.3) is 0 Å². The standard InChI is InChI=1S/C8H17NO3/c1-8(2,5-10)6(9)3-4-7(11)12/h6,10H,3-5,9H2,1-2H3,(H,11,12). The third kappa shape index (κ3) is 3.69. The van der Waals surface area contributed by atoms with E-state index in [1.54, 1.807) is 0 Å². The molecule has 0 spiro atoms. The summed E-state index contributed by atoms with van der Waals surface area (Å²) in [6.45, 7) is 3.62. The van der Waals surface area contributed by atoms with Gasteiger partial charge in [0.05, 0.1) is 0 Å². The van der Waals surface area contributed by atoms with Crippen LogP contribution in [0.25, 0.3) is 0 Å². The molecule has 0 saturated heterocycles. The molecular weight excluding hydrogens is 158 g/mol. The predicted octanol–water partition coefficient (Wildman–Crippen LogP) is 0.197. The zero-order valence-corrected chi connectivity index (χ0v) is 7.58. The second-order valence-corrected chi connectivity index (χ2v) is 3.69. The van der Waals surface area contributed by atoms with Crippen molar-refractivity contribution >= 4 is 5.97 Å². The van der Waals surface area contributed by atoms with E-state index >= 15 is 0 Å². The van der Waals surface area contributed by atoms with Crippen LogP contribution < -0.4 is 5.73 Å². The Hall–Kier alpha value is -0.610. The Morgan fingerprint density at radius 2 is 2.08 bits per heavy atom. The van der Waals surface area contributed by atoms with E-state index in [1.165, 1.54) is 0 Å². The summed E-state index contributed by atoms with van der Waals surface area (Å²) < 4.78 is 0. The summed E-state index contributed by atoms with van der Waals surface area (Å²) in [6, 6.07) is -0.265. The van der Waals surface area contributed by atoms with Crippen molar-refractivity contribution < 1.29 is 15.0 Å². The summed E-state index contributed by atoms with van der Waals surface area (Å²) >= 11 is 0. The molecule has 0 aliphatic heterocycles. The first-order chi connectivity index (χ1) is 5.40. The first-order valence-corrected chi connectivity index (χ1v) is 3.98. The predicted molar refractivity (Wildman–Crippen MR) is 45.7 cm³/mol. The minimum absolute atomic E-state index is 0.0201. The highest BCUT2D eigenvalue weighted by molar-refractivity contribution is 5.66. The van der Waals surface area contributed by atoms with Crippen LogP contribution in [-0.4, -0.2) is 28.8 Å². The molecule has 4 heteroatoms. The molecule has 1 atom stereocenters. The lowest BCUT2D eigenvalue weighted by Gasteiger charge is -2.28. The minimum Gasteiger partial charge on any atom is -0.481 e. The number of carbonyl (C=O) groups is 1. The molecule has 0 saturated carbocycles. The number of nitrogens with two attached hydrogens (primary N) is 1. The highest BCUT2D eigenvalue weighted by Crippen LogP contribution is 2.20. The molecule has 0 fully saturated rings. The molecule has 12 heavy (non-hydrogen) atoms. The van der Waals surface area contributed by atoms with E-state index in [0.717, 1.165) is 0 Å². The summed E-state index contributed by atoms with van der Waals surface area (Å²) in [7, 11) is 0. The lowest BCUT2D eigenvalue weighted by molar-refractivity contribution is -0.137. The fourth-order valence-corrected chi connectivity index (χ4v) is 0.787. The molecule has 4 N–H and O–H groups in total. The molecular formula is C8H17NO3. The van der Waals surface area contributed by atoms with Gasteiger partial charge in [-0.25, -0.2) is 0 Å². The summed E-state index contributed by atoms with van der Waals surface area (Å²) in [6.07, 6.45) is 0.466. The second-order valence-electron chi connectivity index (χ2n) is 3.69. The van der Waals surface area contributed by atoms with Gasteiger partial charge in [-0.2, -0.15) is 0 Å². The highest BCUT2D eigenvalue weighted by Gasteiger charge is 2.25. The first kappa shape index (κ1) is 11.4. The minimum atomic E-state index is -0.848. The van der Waals surface area contributed by atoms with Crippen molar-refractivity contribution in [1.82, 2.24) is 0 Å². The molecule has 0 radical (unpaired) electrons. The van der Waals surface area contributed by atoms with Gasteiger partial charge in [-0.3, -0.25) is 4.79 Å². The van der Waals surface area contributed by atoms with Gasteiger partial charge in [0.1, 0.15) is 0 Å². The van der Waals surface area contributed by atoms with Crippen molar-refractivity contribution in [3.63, 3.8) is 0 Å². The van der Waals surface area contributed by atoms with Crippen molar-refractivity contribution in [2.75, 3.05) is 6.61 Å². The molecule has 0 amide bonds. The smallest absolute Gasteiger partial charge is 0.303 e. The molecule has 0 aromatic heterocycles. The molecule has 0 bridgehead atoms. The van der Waals surface area contributed by atoms with E-state index < -0.39 is 11.4 Å². The number of aliphatic hydroxyl groups excluding tert-OH is 1. The normalized spacial score (nSPS) is 14.3. The van der Waals surface area contributed by atoms with E-state index in [4.69, 9.17) is 15.9 Å². The molecule has 72 valence electrons. The summed E-state index contributed by atoms with van der Waals surface area (Å²) in [5, 5.41) is 17.3. The maximum Gasteiger partial charge on any atom is 0.303 e. The monoisotopic (exact) mass is 175 g/mol. The SMILES string of the molecule is CC(C)(CO)C(N)CCC(=O)O. The van der Waals surface area contributed by atoms with Crippen LogP contribution in [0.4, 0.5) is 0 Å². The van der Waals surface area contributed by atoms with E-state index in [0.29, 0.717) is 6.42 Å². The quantitative estimate of drug-likeness (QED) is 0.557. The number of carboxylic acids is 1. The van der Waals surface area contributed by atoms with Crippen molar-refractivity contribution in [2.24, 2.45) is 11.1 Å². The molecule has 0 aliphatic rings. The Kier molecular flexibility index (Phi) is 4.20. The molecule has 0 aromatic carbocycles. The Morgan fingerprint density at radius 1 is 1.58 bits per heavy atom. The number of carboxylic acid groups (broad SMARTS) is 1. The van der Waals surface area contributed by atoms with Gasteiger partial charge in [0, 0.05) is 24.5 Å². The van der Waals surface area contributed by atoms with Crippen LogP contribution in [0, 0.1) is 5.41 Å². The summed E-state index contributed by atoms with van der Waals surface area (Å²) in [5.74, 6) is -0.848. The van der Waals surface area contributed by atoms with Crippen LogP contribution in [0.2, 0.25) is 0 Å². The number of aliphatic carboxylic acids is 1. The van der Waals surface area contributed by atoms with Crippen LogP contribution in [-0.2, 0) is 4.79 Å². The Bertz CT molecular complexity index is 156. The van der Waals surface area contributed by atoms with Crippen LogP contribution in [0.3, 0.4) is 0 Å². The molecule has 1 unspecified atom stereocenters. The molecule has 4 nitrogen and oxygen atoms in total. The molecule has 0 aromatic rings. The molecule has 0 heterocycles. The van der Waals surface area contributed by atoms with Crippen LogP contribution in [0.1, 0.15) is 26.7 Å². The van der Waals surface area contributed by atoms with Gasteiger partial charge in [-0.1, -0.05) is 13.8 Å². The van der Waals surface area contributed by atoms with E-state index in [-0.39, 0.29) is 19.1 Å². The summed E-state index contributed by atoms with van der Waals surface area (Å²) in [4.78, 5) is 10.2. The zero-order chi connectivity index (χ0) is 9.78. The van der Waals surface area contributed by atoms with E-state index in [1.807, 2.05) is 13.8 Å². The molecule has 0 rings (SSSR count). The van der Waals surface area contributed by atoms with E-state index in [9.17, 15) is 4.79 Å². The Morgan fingerprint density at radius 3 is 2.42 bits per heavy atom. The largest absolute Gasteiger partial charge is 0.481 e. The van der Waals surface area contributed by atoms with Crippen molar-refractivity contribution in [3.8, 4) is 0 Å². The average Bonchev–Trinajstić information content (AvgIpc) is 2.00. The zero-order valence-electron chi connectivity index (χ0n) is 7.58. The van der Waals surface area contributed by atoms with Gasteiger partial charge in [-0.05, 0) is 6.42 Å². The van der Waals surface area contributed by atoms with Gasteiger partial charge in [0.2, 0.25) is 0 Å². The third-order valence-corrected chi connectivity index (χ3v) is 2.08. The third-order valence-electron chi connectivity index (χ3n) is 2.08. The molecule has 0 aliphatic carbocycles. The topological polar surface area (TPSA) is 83.5 Å².